The van der Waals surface area contributed by atoms with E-state index in [1.807, 2.05) is 6.07 Å². The fourth-order valence-electron chi connectivity index (χ4n) is 1.74. The van der Waals surface area contributed by atoms with E-state index in [2.05, 4.69) is 5.32 Å². The van der Waals surface area contributed by atoms with Crippen LogP contribution in [0.25, 0.3) is 0 Å². The minimum Gasteiger partial charge on any atom is -0.398 e. The van der Waals surface area contributed by atoms with Gasteiger partial charge in [-0.2, -0.15) is 0 Å². The maximum Gasteiger partial charge on any atom is 0.220 e. The molecule has 0 radical (unpaired) electrons. The van der Waals surface area contributed by atoms with E-state index in [0.29, 0.717) is 23.7 Å². The molecule has 5 heteroatoms. The smallest absolute Gasteiger partial charge is 0.220 e. The Labute approximate surface area is 99.4 Å². The van der Waals surface area contributed by atoms with Gasteiger partial charge in [0.1, 0.15) is 0 Å². The van der Waals surface area contributed by atoms with E-state index < -0.39 is 0 Å². The van der Waals surface area contributed by atoms with Crippen LogP contribution in [-0.4, -0.2) is 12.5 Å². The van der Waals surface area contributed by atoms with Gasteiger partial charge >= 0.3 is 0 Å². The molecule has 0 aromatic heterocycles. The van der Waals surface area contributed by atoms with E-state index >= 15 is 0 Å². The summed E-state index contributed by atoms with van der Waals surface area (Å²) in [6.45, 7) is 0.671. The molecule has 1 amide bonds. The van der Waals surface area contributed by atoms with Crippen LogP contribution in [0.4, 0.5) is 5.69 Å². The van der Waals surface area contributed by atoms with Gasteiger partial charge in [-0.25, -0.2) is 0 Å². The van der Waals surface area contributed by atoms with Crippen LogP contribution in [0.2, 0.25) is 5.02 Å². The molecule has 1 saturated heterocycles. The third-order valence-electron chi connectivity index (χ3n) is 2.47. The van der Waals surface area contributed by atoms with Gasteiger partial charge in [0.05, 0.1) is 0 Å². The summed E-state index contributed by atoms with van der Waals surface area (Å²) in [5.41, 5.74) is 7.50. The summed E-state index contributed by atoms with van der Waals surface area (Å²) in [5, 5.41) is 3.41. The Balaban J connectivity index is 0.00000112. The molecule has 0 bridgehead atoms. The molecule has 0 saturated carbocycles. The van der Waals surface area contributed by atoms with Crippen molar-refractivity contribution in [2.75, 3.05) is 12.3 Å². The number of carbonyl (C=O) groups excluding carboxylic acids is 1. The van der Waals surface area contributed by atoms with Crippen LogP contribution in [-0.2, 0) is 4.79 Å². The fraction of sp³-hybridized carbons (Fsp3) is 0.300. The SMILES string of the molecule is Cl.Nc1cc(Cl)ccc1[C@@H]1CNC(=O)C1. The quantitative estimate of drug-likeness (QED) is 0.745. The Morgan fingerprint density at radius 1 is 1.47 bits per heavy atom. The highest BCUT2D eigenvalue weighted by molar-refractivity contribution is 6.30. The van der Waals surface area contributed by atoms with Crippen molar-refractivity contribution in [3.8, 4) is 0 Å². The predicted octanol–water partition coefficient (Wildman–Crippen LogP) is 1.95. The third kappa shape index (κ3) is 2.55. The van der Waals surface area contributed by atoms with Crippen molar-refractivity contribution in [2.24, 2.45) is 0 Å². The number of nitrogens with one attached hydrogen (secondary N) is 1. The first-order valence-corrected chi connectivity index (χ1v) is 4.86. The molecule has 0 spiro atoms. The average Bonchev–Trinajstić information content (AvgIpc) is 2.51. The summed E-state index contributed by atoms with van der Waals surface area (Å²) in [7, 11) is 0. The summed E-state index contributed by atoms with van der Waals surface area (Å²) >= 11 is 5.79. The number of carbonyl (C=O) groups is 1. The number of benzene rings is 1. The van der Waals surface area contributed by atoms with Crippen molar-refractivity contribution in [3.05, 3.63) is 28.8 Å². The van der Waals surface area contributed by atoms with Gasteiger partial charge in [-0.3, -0.25) is 4.79 Å². The Hall–Kier alpha value is -0.930. The minimum absolute atomic E-state index is 0. The first kappa shape index (κ1) is 12.1. The fourth-order valence-corrected chi connectivity index (χ4v) is 1.92. The Kier molecular flexibility index (Phi) is 3.83. The number of hydrogen-bond donors (Lipinski definition) is 2. The summed E-state index contributed by atoms with van der Waals surface area (Å²) < 4.78 is 0. The molecule has 1 aliphatic heterocycles. The van der Waals surface area contributed by atoms with Crippen molar-refractivity contribution in [2.45, 2.75) is 12.3 Å². The lowest BCUT2D eigenvalue weighted by Crippen LogP contribution is -2.13. The number of halogens is 2. The van der Waals surface area contributed by atoms with Gasteiger partial charge in [-0.1, -0.05) is 17.7 Å². The zero-order valence-corrected chi connectivity index (χ0v) is 9.57. The van der Waals surface area contributed by atoms with Gasteiger partial charge < -0.3 is 11.1 Å². The Morgan fingerprint density at radius 2 is 2.20 bits per heavy atom. The maximum absolute atomic E-state index is 11.0. The van der Waals surface area contributed by atoms with E-state index in [1.54, 1.807) is 12.1 Å². The van der Waals surface area contributed by atoms with Gasteiger partial charge in [0.2, 0.25) is 5.91 Å². The second kappa shape index (κ2) is 4.73. The van der Waals surface area contributed by atoms with Crippen molar-refractivity contribution < 1.29 is 4.79 Å². The van der Waals surface area contributed by atoms with Gasteiger partial charge in [0.15, 0.2) is 0 Å². The number of hydrogen-bond acceptors (Lipinski definition) is 2. The van der Waals surface area contributed by atoms with Crippen LogP contribution in [0, 0.1) is 0 Å². The highest BCUT2D eigenvalue weighted by Gasteiger charge is 2.24. The zero-order chi connectivity index (χ0) is 10.1. The first-order valence-electron chi connectivity index (χ1n) is 4.48. The lowest BCUT2D eigenvalue weighted by Gasteiger charge is -2.10. The van der Waals surface area contributed by atoms with Crippen LogP contribution >= 0.6 is 24.0 Å². The van der Waals surface area contributed by atoms with E-state index in [0.717, 1.165) is 5.56 Å². The highest BCUT2D eigenvalue weighted by Crippen LogP contribution is 2.29. The molecule has 2 rings (SSSR count). The molecule has 3 nitrogen and oxygen atoms in total. The van der Waals surface area contributed by atoms with Crippen molar-refractivity contribution >= 4 is 35.6 Å². The van der Waals surface area contributed by atoms with Crippen molar-refractivity contribution in [1.82, 2.24) is 5.32 Å². The highest BCUT2D eigenvalue weighted by atomic mass is 35.5. The topological polar surface area (TPSA) is 55.1 Å². The molecular formula is C10H12Cl2N2O. The molecule has 1 aliphatic rings. The first-order chi connectivity index (χ1) is 6.66. The molecule has 1 aromatic carbocycles. The Morgan fingerprint density at radius 3 is 2.73 bits per heavy atom. The minimum atomic E-state index is 0. The number of nitrogen functional groups attached to an aromatic ring is 1. The normalized spacial score (nSPS) is 19.5. The molecule has 1 aromatic rings. The predicted molar refractivity (Wildman–Crippen MR) is 63.5 cm³/mol. The van der Waals surface area contributed by atoms with Crippen molar-refractivity contribution in [3.63, 3.8) is 0 Å². The number of anilines is 1. The van der Waals surface area contributed by atoms with Crippen molar-refractivity contribution in [1.29, 1.82) is 0 Å². The van der Waals surface area contributed by atoms with E-state index in [9.17, 15) is 4.79 Å². The maximum atomic E-state index is 11.0. The van der Waals surface area contributed by atoms with Crippen LogP contribution in [0.15, 0.2) is 18.2 Å². The van der Waals surface area contributed by atoms with Gasteiger partial charge in [0, 0.05) is 29.6 Å². The monoisotopic (exact) mass is 246 g/mol. The van der Waals surface area contributed by atoms with Crippen LogP contribution in [0.5, 0.6) is 0 Å². The van der Waals surface area contributed by atoms with Crippen LogP contribution in [0.3, 0.4) is 0 Å². The molecule has 0 aliphatic carbocycles. The zero-order valence-electron chi connectivity index (χ0n) is 8.00. The van der Waals surface area contributed by atoms with Crippen LogP contribution in [0.1, 0.15) is 17.9 Å². The van der Waals surface area contributed by atoms with Gasteiger partial charge in [0.25, 0.3) is 0 Å². The molecule has 3 N–H and O–H groups in total. The van der Waals surface area contributed by atoms with E-state index in [4.69, 9.17) is 17.3 Å². The molecule has 15 heavy (non-hydrogen) atoms. The lowest BCUT2D eigenvalue weighted by molar-refractivity contribution is -0.119. The average molecular weight is 247 g/mol. The summed E-state index contributed by atoms with van der Waals surface area (Å²) in [6, 6.07) is 5.42. The Bertz CT molecular complexity index is 382. The standard InChI is InChI=1S/C10H11ClN2O.ClH/c11-7-1-2-8(9(12)4-7)6-3-10(14)13-5-6;/h1-2,4,6H,3,5,12H2,(H,13,14);1H/t6-;/m0./s1. The number of nitrogens with two attached hydrogens (primary N) is 1. The molecule has 1 heterocycles. The van der Waals surface area contributed by atoms with Crippen LogP contribution < -0.4 is 11.1 Å². The second-order valence-corrected chi connectivity index (χ2v) is 3.91. The number of amides is 1. The molecule has 82 valence electrons. The largest absolute Gasteiger partial charge is 0.398 e. The summed E-state index contributed by atoms with van der Waals surface area (Å²) in [6.07, 6.45) is 0.520. The second-order valence-electron chi connectivity index (χ2n) is 3.48. The molecule has 0 unspecified atom stereocenters. The molecule has 1 atom stereocenters. The van der Waals surface area contributed by atoms with Gasteiger partial charge in [-0.05, 0) is 17.7 Å². The molecule has 1 fully saturated rings. The summed E-state index contributed by atoms with van der Waals surface area (Å²) in [5.74, 6) is 0.282. The number of rotatable bonds is 1. The molecular weight excluding hydrogens is 235 g/mol. The van der Waals surface area contributed by atoms with Gasteiger partial charge in [-0.15, -0.1) is 12.4 Å². The third-order valence-corrected chi connectivity index (χ3v) is 2.70. The lowest BCUT2D eigenvalue weighted by atomic mass is 9.97. The van der Waals surface area contributed by atoms with E-state index in [1.165, 1.54) is 0 Å². The summed E-state index contributed by atoms with van der Waals surface area (Å²) in [4.78, 5) is 11.0. The van der Waals surface area contributed by atoms with E-state index in [-0.39, 0.29) is 24.2 Å².